The molecule has 0 aromatic heterocycles. The first-order chi connectivity index (χ1) is 15.3. The highest BCUT2D eigenvalue weighted by Crippen LogP contribution is 2.34. The minimum absolute atomic E-state index is 0.0332. The lowest BCUT2D eigenvalue weighted by Crippen LogP contribution is -2.33. The van der Waals surface area contributed by atoms with E-state index in [2.05, 4.69) is 4.90 Å². The van der Waals surface area contributed by atoms with Crippen LogP contribution in [0.25, 0.3) is 0 Å². The Balaban J connectivity index is 1.24. The Morgan fingerprint density at radius 3 is 2.53 bits per heavy atom. The monoisotopic (exact) mass is 438 g/mol. The van der Waals surface area contributed by atoms with E-state index in [9.17, 15) is 19.5 Å². The summed E-state index contributed by atoms with van der Waals surface area (Å²) in [4.78, 5) is 40.3. The van der Waals surface area contributed by atoms with Gasteiger partial charge in [-0.2, -0.15) is 0 Å². The van der Waals surface area contributed by atoms with Gasteiger partial charge in [0.15, 0.2) is 0 Å². The van der Waals surface area contributed by atoms with Crippen molar-refractivity contribution in [2.24, 2.45) is 0 Å². The van der Waals surface area contributed by atoms with Crippen LogP contribution in [0.5, 0.6) is 0 Å². The molecule has 0 bridgehead atoms. The molecule has 0 radical (unpaired) electrons. The number of aliphatic hydroxyl groups is 1. The van der Waals surface area contributed by atoms with E-state index < -0.39 is 6.10 Å². The largest absolute Gasteiger partial charge is 0.457 e. The Labute approximate surface area is 186 Å². The fraction of sp³-hybridized carbons (Fsp3) is 0.458. The lowest BCUT2D eigenvalue weighted by Gasteiger charge is -2.26. The van der Waals surface area contributed by atoms with Crippen LogP contribution < -0.4 is 0 Å². The van der Waals surface area contributed by atoms with Crippen LogP contribution in [0.2, 0.25) is 0 Å². The molecule has 1 aromatic rings. The number of ether oxygens (including phenoxy) is 2. The number of aliphatic hydroxyl groups excluding tert-OH is 1. The first kappa shape index (κ1) is 20.9. The highest BCUT2D eigenvalue weighted by atomic mass is 16.5. The molecule has 32 heavy (non-hydrogen) atoms. The predicted molar refractivity (Wildman–Crippen MR) is 113 cm³/mol. The van der Waals surface area contributed by atoms with Gasteiger partial charge in [0.25, 0.3) is 5.91 Å². The van der Waals surface area contributed by atoms with Gasteiger partial charge in [0.1, 0.15) is 13.2 Å². The van der Waals surface area contributed by atoms with Crippen molar-refractivity contribution >= 4 is 17.8 Å². The third-order valence-electron chi connectivity index (χ3n) is 7.09. The standard InChI is InChI=1S/C24H26N2O6/c1-13-16(3-4-18-19(13)11-31-24(18)30)21(27)10-25-7-5-15-9-26(22(28)17(15)6-8-25)20-12-32-23(29)14(20)2/h3-4,21,27H,5-12H2,1-2H3. The number of carbonyl (C=O) groups excluding carboxylic acids is 3. The van der Waals surface area contributed by atoms with Crippen LogP contribution in [0.3, 0.4) is 0 Å². The summed E-state index contributed by atoms with van der Waals surface area (Å²) in [6.45, 7) is 6.42. The van der Waals surface area contributed by atoms with Crippen molar-refractivity contribution in [1.29, 1.82) is 0 Å². The van der Waals surface area contributed by atoms with Gasteiger partial charge in [-0.25, -0.2) is 9.59 Å². The fourth-order valence-corrected chi connectivity index (χ4v) is 5.08. The van der Waals surface area contributed by atoms with Gasteiger partial charge in [-0.1, -0.05) is 6.07 Å². The zero-order chi connectivity index (χ0) is 22.6. The molecule has 1 N–H and O–H groups in total. The Morgan fingerprint density at radius 1 is 1.03 bits per heavy atom. The van der Waals surface area contributed by atoms with E-state index in [1.54, 1.807) is 17.9 Å². The minimum Gasteiger partial charge on any atom is -0.457 e. The van der Waals surface area contributed by atoms with Gasteiger partial charge >= 0.3 is 11.9 Å². The molecule has 0 saturated carbocycles. The summed E-state index contributed by atoms with van der Waals surface area (Å²) < 4.78 is 10.2. The lowest BCUT2D eigenvalue weighted by atomic mass is 9.95. The van der Waals surface area contributed by atoms with E-state index in [0.29, 0.717) is 42.9 Å². The first-order valence-corrected chi connectivity index (χ1v) is 10.9. The highest BCUT2D eigenvalue weighted by molar-refractivity contribution is 6.00. The second-order valence-corrected chi connectivity index (χ2v) is 8.82. The van der Waals surface area contributed by atoms with E-state index in [1.165, 1.54) is 0 Å². The third kappa shape index (κ3) is 3.34. The molecule has 1 amide bonds. The molecular weight excluding hydrogens is 412 g/mol. The van der Waals surface area contributed by atoms with E-state index in [4.69, 9.17) is 9.47 Å². The zero-order valence-electron chi connectivity index (χ0n) is 18.3. The third-order valence-corrected chi connectivity index (χ3v) is 7.09. The second-order valence-electron chi connectivity index (χ2n) is 8.82. The summed E-state index contributed by atoms with van der Waals surface area (Å²) >= 11 is 0. The summed E-state index contributed by atoms with van der Waals surface area (Å²) in [6.07, 6.45) is 0.673. The van der Waals surface area contributed by atoms with Crippen LogP contribution >= 0.6 is 0 Å². The van der Waals surface area contributed by atoms with Crippen molar-refractivity contribution in [3.8, 4) is 0 Å². The summed E-state index contributed by atoms with van der Waals surface area (Å²) in [5.74, 6) is -0.697. The molecule has 4 aliphatic heterocycles. The van der Waals surface area contributed by atoms with E-state index in [0.717, 1.165) is 40.8 Å². The predicted octanol–water partition coefficient (Wildman–Crippen LogP) is 1.76. The number of rotatable bonds is 4. The maximum atomic E-state index is 13.0. The van der Waals surface area contributed by atoms with Crippen LogP contribution in [0.1, 0.15) is 52.9 Å². The van der Waals surface area contributed by atoms with Gasteiger partial charge < -0.3 is 19.5 Å². The number of cyclic esters (lactones) is 2. The molecule has 1 unspecified atom stereocenters. The van der Waals surface area contributed by atoms with Crippen molar-refractivity contribution in [1.82, 2.24) is 9.80 Å². The quantitative estimate of drug-likeness (QED) is 0.716. The molecule has 1 atom stereocenters. The number of amides is 1. The molecule has 1 aromatic carbocycles. The van der Waals surface area contributed by atoms with Crippen LogP contribution in [0.4, 0.5) is 0 Å². The van der Waals surface area contributed by atoms with Crippen molar-refractivity contribution in [3.63, 3.8) is 0 Å². The zero-order valence-corrected chi connectivity index (χ0v) is 18.3. The molecule has 5 rings (SSSR count). The summed E-state index contributed by atoms with van der Waals surface area (Å²) in [7, 11) is 0. The molecule has 0 fully saturated rings. The molecule has 0 aliphatic carbocycles. The Kier molecular flexibility index (Phi) is 5.14. The van der Waals surface area contributed by atoms with Crippen molar-refractivity contribution in [3.05, 3.63) is 56.8 Å². The van der Waals surface area contributed by atoms with Crippen LogP contribution in [-0.4, -0.2) is 65.5 Å². The average molecular weight is 438 g/mol. The number of hydrogen-bond donors (Lipinski definition) is 1. The Morgan fingerprint density at radius 2 is 1.78 bits per heavy atom. The molecule has 8 heteroatoms. The summed E-state index contributed by atoms with van der Waals surface area (Å²) in [5.41, 5.74) is 6.26. The topological polar surface area (TPSA) is 96.4 Å². The minimum atomic E-state index is -0.689. The van der Waals surface area contributed by atoms with E-state index >= 15 is 0 Å². The van der Waals surface area contributed by atoms with Crippen LogP contribution in [-0.2, 0) is 25.7 Å². The van der Waals surface area contributed by atoms with Crippen molar-refractivity contribution in [2.75, 3.05) is 32.8 Å². The van der Waals surface area contributed by atoms with E-state index in [1.807, 2.05) is 13.0 Å². The second kappa shape index (κ2) is 7.86. The summed E-state index contributed by atoms with van der Waals surface area (Å²) in [5, 5.41) is 10.9. The fourth-order valence-electron chi connectivity index (χ4n) is 5.08. The number of hydrogen-bond acceptors (Lipinski definition) is 7. The van der Waals surface area contributed by atoms with Gasteiger partial charge in [-0.3, -0.25) is 9.69 Å². The number of esters is 2. The molecule has 4 aliphatic rings. The SMILES string of the molecule is CC1=C(N2CC3=C(CCN(CC(O)c4ccc5c(c4C)COC5=O)CC3)C2=O)COC1=O. The van der Waals surface area contributed by atoms with Crippen LogP contribution in [0.15, 0.2) is 34.5 Å². The normalized spacial score (nSPS) is 22.2. The molecule has 0 saturated heterocycles. The van der Waals surface area contributed by atoms with Gasteiger partial charge in [0, 0.05) is 37.3 Å². The number of benzene rings is 1. The number of carbonyl (C=O) groups is 3. The van der Waals surface area contributed by atoms with Gasteiger partial charge in [-0.15, -0.1) is 0 Å². The van der Waals surface area contributed by atoms with Gasteiger partial charge in [0.2, 0.25) is 0 Å². The van der Waals surface area contributed by atoms with Crippen LogP contribution in [0, 0.1) is 6.92 Å². The number of fused-ring (bicyclic) bond motifs is 1. The lowest BCUT2D eigenvalue weighted by molar-refractivity contribution is -0.136. The summed E-state index contributed by atoms with van der Waals surface area (Å²) in [6, 6.07) is 3.54. The average Bonchev–Trinajstić information content (AvgIpc) is 3.35. The van der Waals surface area contributed by atoms with Gasteiger partial charge in [0.05, 0.1) is 22.9 Å². The van der Waals surface area contributed by atoms with Crippen molar-refractivity contribution < 1.29 is 29.0 Å². The molecule has 168 valence electrons. The molecular formula is C24H26N2O6. The molecule has 0 spiro atoms. The number of nitrogens with zero attached hydrogens (tertiary/aromatic N) is 2. The smallest absolute Gasteiger partial charge is 0.338 e. The van der Waals surface area contributed by atoms with Gasteiger partial charge in [-0.05, 0) is 49.5 Å². The Hall–Kier alpha value is -2.97. The maximum absolute atomic E-state index is 13.0. The Bertz CT molecular complexity index is 1100. The number of β-amino-alcohol motifs (C(OH)–C–C–N with tert-alkyl or cyclic N) is 1. The maximum Gasteiger partial charge on any atom is 0.338 e. The van der Waals surface area contributed by atoms with E-state index in [-0.39, 0.29) is 31.1 Å². The molecule has 8 nitrogen and oxygen atoms in total. The molecule has 4 heterocycles. The highest BCUT2D eigenvalue weighted by Gasteiger charge is 2.37. The first-order valence-electron chi connectivity index (χ1n) is 10.9. The van der Waals surface area contributed by atoms with Crippen molar-refractivity contribution in [2.45, 2.75) is 39.4 Å².